The molecule has 0 aromatic heterocycles. The van der Waals surface area contributed by atoms with E-state index in [0.29, 0.717) is 0 Å². The van der Waals surface area contributed by atoms with Gasteiger partial charge in [0.15, 0.2) is 0 Å². The first-order valence-electron chi connectivity index (χ1n) is 5.92. The Balaban J connectivity index is 1.68. The number of nitrogens with one attached hydrogen (secondary N) is 1. The van der Waals surface area contributed by atoms with E-state index in [1.165, 1.54) is 58.4 Å². The zero-order valence-electron chi connectivity index (χ0n) is 8.84. The third kappa shape index (κ3) is 3.35. The van der Waals surface area contributed by atoms with E-state index in [9.17, 15) is 0 Å². The molecule has 2 rings (SSSR count). The lowest BCUT2D eigenvalue weighted by Crippen LogP contribution is -2.40. The molecule has 3 heteroatoms. The average Bonchev–Trinajstić information content (AvgIpc) is 2.23. The highest BCUT2D eigenvalue weighted by Crippen LogP contribution is 2.20. The lowest BCUT2D eigenvalue weighted by Gasteiger charge is -2.34. The Bertz CT molecular complexity index is 161. The standard InChI is InChI=1S/C11H21IN2/c12-11-3-7-14(8-4-11)9-10-1-5-13-6-2-10/h10-11,13H,1-9H2. The Morgan fingerprint density at radius 1 is 1.07 bits per heavy atom. The van der Waals surface area contributed by atoms with Crippen LogP contribution in [0.3, 0.4) is 0 Å². The number of likely N-dealkylation sites (tertiary alicyclic amines) is 1. The van der Waals surface area contributed by atoms with Gasteiger partial charge in [-0.15, -0.1) is 0 Å². The average molecular weight is 308 g/mol. The maximum atomic E-state index is 3.44. The van der Waals surface area contributed by atoms with Gasteiger partial charge in [0.1, 0.15) is 0 Å². The largest absolute Gasteiger partial charge is 0.317 e. The van der Waals surface area contributed by atoms with Crippen LogP contribution in [0.4, 0.5) is 0 Å². The van der Waals surface area contributed by atoms with Crippen LogP contribution < -0.4 is 5.32 Å². The van der Waals surface area contributed by atoms with E-state index < -0.39 is 0 Å². The smallest absolute Gasteiger partial charge is 0.0134 e. The van der Waals surface area contributed by atoms with E-state index in [2.05, 4.69) is 32.8 Å². The quantitative estimate of drug-likeness (QED) is 0.619. The maximum absolute atomic E-state index is 3.44. The molecule has 82 valence electrons. The summed E-state index contributed by atoms with van der Waals surface area (Å²) < 4.78 is 0.942. The molecule has 0 atom stereocenters. The zero-order valence-corrected chi connectivity index (χ0v) is 11.0. The number of nitrogens with zero attached hydrogens (tertiary/aromatic N) is 1. The molecule has 2 saturated heterocycles. The number of hydrogen-bond donors (Lipinski definition) is 1. The Morgan fingerprint density at radius 2 is 1.71 bits per heavy atom. The molecule has 0 amide bonds. The molecule has 0 radical (unpaired) electrons. The molecule has 2 heterocycles. The van der Waals surface area contributed by atoms with Gasteiger partial charge < -0.3 is 10.2 Å². The molecule has 0 bridgehead atoms. The fourth-order valence-electron chi connectivity index (χ4n) is 2.51. The second-order valence-electron chi connectivity index (χ2n) is 4.67. The lowest BCUT2D eigenvalue weighted by molar-refractivity contribution is 0.182. The van der Waals surface area contributed by atoms with Crippen molar-refractivity contribution in [1.29, 1.82) is 0 Å². The van der Waals surface area contributed by atoms with Crippen LogP contribution in [-0.4, -0.2) is 41.5 Å². The van der Waals surface area contributed by atoms with Crippen LogP contribution >= 0.6 is 22.6 Å². The van der Waals surface area contributed by atoms with Gasteiger partial charge in [-0.2, -0.15) is 0 Å². The fourth-order valence-corrected chi connectivity index (χ4v) is 3.07. The van der Waals surface area contributed by atoms with E-state index in [1.54, 1.807) is 0 Å². The van der Waals surface area contributed by atoms with Gasteiger partial charge in [-0.05, 0) is 57.8 Å². The fraction of sp³-hybridized carbons (Fsp3) is 1.00. The van der Waals surface area contributed by atoms with Gasteiger partial charge in [-0.1, -0.05) is 22.6 Å². The van der Waals surface area contributed by atoms with Gasteiger partial charge in [0.25, 0.3) is 0 Å². The third-order valence-corrected chi connectivity index (χ3v) is 4.74. The molecule has 0 spiro atoms. The van der Waals surface area contributed by atoms with Crippen molar-refractivity contribution in [2.75, 3.05) is 32.7 Å². The van der Waals surface area contributed by atoms with Crippen molar-refractivity contribution in [3.8, 4) is 0 Å². The van der Waals surface area contributed by atoms with Gasteiger partial charge in [0, 0.05) is 10.5 Å². The summed E-state index contributed by atoms with van der Waals surface area (Å²) in [5, 5.41) is 3.44. The molecule has 0 aliphatic carbocycles. The number of hydrogen-bond acceptors (Lipinski definition) is 2. The van der Waals surface area contributed by atoms with E-state index >= 15 is 0 Å². The molecule has 2 aliphatic heterocycles. The van der Waals surface area contributed by atoms with Gasteiger partial charge >= 0.3 is 0 Å². The van der Waals surface area contributed by atoms with Gasteiger partial charge in [-0.3, -0.25) is 0 Å². The second kappa shape index (κ2) is 5.66. The topological polar surface area (TPSA) is 15.3 Å². The van der Waals surface area contributed by atoms with Gasteiger partial charge in [0.2, 0.25) is 0 Å². The molecule has 0 aromatic carbocycles. The summed E-state index contributed by atoms with van der Waals surface area (Å²) >= 11 is 2.60. The summed E-state index contributed by atoms with van der Waals surface area (Å²) in [6.45, 7) is 6.54. The highest BCUT2D eigenvalue weighted by atomic mass is 127. The minimum Gasteiger partial charge on any atom is -0.317 e. The molecule has 2 fully saturated rings. The van der Waals surface area contributed by atoms with Crippen LogP contribution in [0.25, 0.3) is 0 Å². The van der Waals surface area contributed by atoms with Crippen molar-refractivity contribution < 1.29 is 0 Å². The molecular weight excluding hydrogens is 287 g/mol. The minimum atomic E-state index is 0.942. The molecule has 0 saturated carbocycles. The summed E-state index contributed by atoms with van der Waals surface area (Å²) in [7, 11) is 0. The normalized spacial score (nSPS) is 28.1. The van der Waals surface area contributed by atoms with Crippen LogP contribution in [0.1, 0.15) is 25.7 Å². The minimum absolute atomic E-state index is 0.942. The van der Waals surface area contributed by atoms with Crippen molar-refractivity contribution in [3.63, 3.8) is 0 Å². The number of halogens is 1. The summed E-state index contributed by atoms with van der Waals surface area (Å²) in [6.07, 6.45) is 5.60. The van der Waals surface area contributed by atoms with Crippen molar-refractivity contribution in [1.82, 2.24) is 10.2 Å². The highest BCUT2D eigenvalue weighted by Gasteiger charge is 2.20. The predicted octanol–water partition coefficient (Wildman–Crippen LogP) is 1.89. The van der Waals surface area contributed by atoms with Crippen LogP contribution in [0.2, 0.25) is 0 Å². The van der Waals surface area contributed by atoms with Crippen molar-refractivity contribution in [3.05, 3.63) is 0 Å². The van der Waals surface area contributed by atoms with Crippen LogP contribution in [0, 0.1) is 5.92 Å². The first-order chi connectivity index (χ1) is 6.84. The number of rotatable bonds is 2. The van der Waals surface area contributed by atoms with Crippen LogP contribution in [0.5, 0.6) is 0 Å². The molecular formula is C11H21IN2. The molecule has 0 aromatic rings. The van der Waals surface area contributed by atoms with E-state index in [4.69, 9.17) is 0 Å². The monoisotopic (exact) mass is 308 g/mol. The maximum Gasteiger partial charge on any atom is 0.0134 e. The van der Waals surface area contributed by atoms with Gasteiger partial charge in [-0.25, -0.2) is 0 Å². The van der Waals surface area contributed by atoms with E-state index in [1.807, 2.05) is 0 Å². The Morgan fingerprint density at radius 3 is 2.36 bits per heavy atom. The lowest BCUT2D eigenvalue weighted by atomic mass is 9.96. The molecule has 2 nitrogen and oxygen atoms in total. The van der Waals surface area contributed by atoms with E-state index in [0.717, 1.165) is 9.84 Å². The Kier molecular flexibility index (Phi) is 4.50. The second-order valence-corrected chi connectivity index (χ2v) is 6.43. The Hall–Kier alpha value is 0.650. The molecule has 1 N–H and O–H groups in total. The van der Waals surface area contributed by atoms with Crippen molar-refractivity contribution >= 4 is 22.6 Å². The first-order valence-corrected chi connectivity index (χ1v) is 7.16. The summed E-state index contributed by atoms with van der Waals surface area (Å²) in [4.78, 5) is 2.69. The summed E-state index contributed by atoms with van der Waals surface area (Å²) in [5.41, 5.74) is 0. The SMILES string of the molecule is IC1CCN(CC2CCNCC2)CC1. The van der Waals surface area contributed by atoms with Crippen molar-refractivity contribution in [2.45, 2.75) is 29.6 Å². The van der Waals surface area contributed by atoms with Gasteiger partial charge in [0.05, 0.1) is 0 Å². The van der Waals surface area contributed by atoms with E-state index in [-0.39, 0.29) is 0 Å². The highest BCUT2D eigenvalue weighted by molar-refractivity contribution is 14.1. The number of piperidine rings is 2. The van der Waals surface area contributed by atoms with Crippen LogP contribution in [-0.2, 0) is 0 Å². The predicted molar refractivity (Wildman–Crippen MR) is 69.1 cm³/mol. The van der Waals surface area contributed by atoms with Crippen molar-refractivity contribution in [2.24, 2.45) is 5.92 Å². The summed E-state index contributed by atoms with van der Waals surface area (Å²) in [5.74, 6) is 0.974. The summed E-state index contributed by atoms with van der Waals surface area (Å²) in [6, 6.07) is 0. The first kappa shape index (κ1) is 11.1. The molecule has 0 unspecified atom stereocenters. The zero-order chi connectivity index (χ0) is 9.80. The molecule has 2 aliphatic rings. The third-order valence-electron chi connectivity index (χ3n) is 3.49. The molecule has 14 heavy (non-hydrogen) atoms. The van der Waals surface area contributed by atoms with Crippen LogP contribution in [0.15, 0.2) is 0 Å². The number of alkyl halides is 1. The Labute approximate surface area is 101 Å².